The zero-order valence-electron chi connectivity index (χ0n) is 7.54. The monoisotopic (exact) mass is 167 g/mol. The highest BCUT2D eigenvalue weighted by Crippen LogP contribution is 2.30. The minimum absolute atomic E-state index is 0.331. The van der Waals surface area contributed by atoms with Crippen LogP contribution in [0.1, 0.15) is 25.7 Å². The van der Waals surface area contributed by atoms with Crippen LogP contribution in [0.4, 0.5) is 0 Å². The maximum Gasteiger partial charge on any atom is 0.124 e. The minimum atomic E-state index is 0.331. The van der Waals surface area contributed by atoms with E-state index >= 15 is 0 Å². The van der Waals surface area contributed by atoms with Gasteiger partial charge in [0.25, 0.3) is 0 Å². The van der Waals surface area contributed by atoms with E-state index in [1.165, 1.54) is 32.4 Å². The molecule has 2 rings (SSSR count). The van der Waals surface area contributed by atoms with Gasteiger partial charge >= 0.3 is 0 Å². The average Bonchev–Trinajstić information content (AvgIpc) is 2.89. The molecule has 1 unspecified atom stereocenters. The first kappa shape index (κ1) is 8.24. The topological polar surface area (TPSA) is 20.3 Å². The largest absolute Gasteiger partial charge is 0.303 e. The van der Waals surface area contributed by atoms with Crippen molar-refractivity contribution < 1.29 is 4.79 Å². The van der Waals surface area contributed by atoms with Crippen molar-refractivity contribution in [3.8, 4) is 0 Å². The van der Waals surface area contributed by atoms with Crippen LogP contribution in [0.5, 0.6) is 0 Å². The first-order chi connectivity index (χ1) is 5.88. The predicted octanol–water partition coefficient (Wildman–Crippen LogP) is 1.31. The molecule has 1 heterocycles. The number of hydrogen-bond acceptors (Lipinski definition) is 2. The number of rotatable bonds is 3. The van der Waals surface area contributed by atoms with Gasteiger partial charge < -0.3 is 9.69 Å². The summed E-state index contributed by atoms with van der Waals surface area (Å²) in [6.07, 6.45) is 6.31. The van der Waals surface area contributed by atoms with Crippen molar-refractivity contribution in [2.75, 3.05) is 19.6 Å². The number of aldehydes is 1. The van der Waals surface area contributed by atoms with Gasteiger partial charge in [-0.2, -0.15) is 0 Å². The van der Waals surface area contributed by atoms with Gasteiger partial charge in [0, 0.05) is 19.0 Å². The number of carbonyl (C=O) groups excluding carboxylic acids is 1. The molecule has 2 fully saturated rings. The molecule has 1 saturated heterocycles. The molecule has 1 atom stereocenters. The molecule has 0 aromatic rings. The molecule has 1 saturated carbocycles. The smallest absolute Gasteiger partial charge is 0.124 e. The molecule has 2 heteroatoms. The summed E-state index contributed by atoms with van der Waals surface area (Å²) >= 11 is 0. The molecule has 0 spiro atoms. The lowest BCUT2D eigenvalue weighted by molar-refractivity contribution is -0.112. The summed E-state index contributed by atoms with van der Waals surface area (Å²) in [6.45, 7) is 3.51. The molecule has 0 N–H and O–H groups in total. The van der Waals surface area contributed by atoms with E-state index in [0.29, 0.717) is 5.92 Å². The molecule has 12 heavy (non-hydrogen) atoms. The lowest BCUT2D eigenvalue weighted by Gasteiger charge is -2.29. The highest BCUT2D eigenvalue weighted by Gasteiger charge is 2.27. The van der Waals surface area contributed by atoms with Crippen molar-refractivity contribution in [1.82, 2.24) is 4.90 Å². The maximum atomic E-state index is 10.6. The zero-order valence-corrected chi connectivity index (χ0v) is 7.54. The van der Waals surface area contributed by atoms with Crippen molar-refractivity contribution in [3.63, 3.8) is 0 Å². The van der Waals surface area contributed by atoms with Gasteiger partial charge in [-0.3, -0.25) is 0 Å². The number of carbonyl (C=O) groups is 1. The van der Waals surface area contributed by atoms with Crippen LogP contribution in [-0.4, -0.2) is 30.8 Å². The summed E-state index contributed by atoms with van der Waals surface area (Å²) in [4.78, 5) is 13.1. The quantitative estimate of drug-likeness (QED) is 0.591. The Bertz CT molecular complexity index is 165. The summed E-state index contributed by atoms with van der Waals surface area (Å²) in [5.41, 5.74) is 0. The van der Waals surface area contributed by atoms with Crippen LogP contribution >= 0.6 is 0 Å². The number of nitrogens with zero attached hydrogens (tertiary/aromatic N) is 1. The molecule has 68 valence electrons. The van der Waals surface area contributed by atoms with E-state index in [4.69, 9.17) is 0 Å². The van der Waals surface area contributed by atoms with Crippen LogP contribution in [0.15, 0.2) is 0 Å². The molecule has 1 aliphatic heterocycles. The van der Waals surface area contributed by atoms with E-state index in [1.807, 2.05) is 0 Å². The summed E-state index contributed by atoms with van der Waals surface area (Å²) in [5, 5.41) is 0. The van der Waals surface area contributed by atoms with Crippen molar-refractivity contribution in [1.29, 1.82) is 0 Å². The Morgan fingerprint density at radius 3 is 2.83 bits per heavy atom. The minimum Gasteiger partial charge on any atom is -0.303 e. The zero-order chi connectivity index (χ0) is 8.39. The van der Waals surface area contributed by atoms with Crippen molar-refractivity contribution in [3.05, 3.63) is 0 Å². The molecule has 2 nitrogen and oxygen atoms in total. The Hall–Kier alpha value is -0.370. The third-order valence-electron chi connectivity index (χ3n) is 2.95. The second-order valence-electron chi connectivity index (χ2n) is 4.24. The van der Waals surface area contributed by atoms with E-state index in [0.717, 1.165) is 25.2 Å². The first-order valence-corrected chi connectivity index (χ1v) is 5.06. The molecule has 0 amide bonds. The molecule has 0 bridgehead atoms. The first-order valence-electron chi connectivity index (χ1n) is 5.06. The van der Waals surface area contributed by atoms with Crippen LogP contribution in [0.3, 0.4) is 0 Å². The van der Waals surface area contributed by atoms with Crippen molar-refractivity contribution >= 4 is 6.29 Å². The highest BCUT2D eigenvalue weighted by atomic mass is 16.1. The van der Waals surface area contributed by atoms with Crippen LogP contribution in [0.25, 0.3) is 0 Å². The molecule has 0 aromatic carbocycles. The van der Waals surface area contributed by atoms with Gasteiger partial charge in [-0.05, 0) is 38.1 Å². The summed E-state index contributed by atoms with van der Waals surface area (Å²) < 4.78 is 0. The Morgan fingerprint density at radius 2 is 2.17 bits per heavy atom. The summed E-state index contributed by atoms with van der Waals surface area (Å²) in [6, 6.07) is 0. The Morgan fingerprint density at radius 1 is 1.33 bits per heavy atom. The molecule has 1 aliphatic carbocycles. The van der Waals surface area contributed by atoms with E-state index in [9.17, 15) is 4.79 Å². The third kappa shape index (κ3) is 2.07. The molecule has 0 aromatic heterocycles. The number of likely N-dealkylation sites (tertiary alicyclic amines) is 1. The summed E-state index contributed by atoms with van der Waals surface area (Å²) in [5.74, 6) is 1.30. The van der Waals surface area contributed by atoms with Gasteiger partial charge in [-0.15, -0.1) is 0 Å². The Kier molecular flexibility index (Phi) is 2.45. The molecule has 2 aliphatic rings. The molecule has 0 radical (unpaired) electrons. The van der Waals surface area contributed by atoms with E-state index in [1.54, 1.807) is 0 Å². The highest BCUT2D eigenvalue weighted by molar-refractivity contribution is 5.53. The molecular formula is C10H17NO. The fourth-order valence-corrected chi connectivity index (χ4v) is 2.03. The van der Waals surface area contributed by atoms with Crippen LogP contribution in [0.2, 0.25) is 0 Å². The van der Waals surface area contributed by atoms with Gasteiger partial charge in [0.15, 0.2) is 0 Å². The van der Waals surface area contributed by atoms with Crippen LogP contribution in [0, 0.1) is 11.8 Å². The van der Waals surface area contributed by atoms with Gasteiger partial charge in [0.05, 0.1) is 0 Å². The van der Waals surface area contributed by atoms with Gasteiger partial charge in [0.2, 0.25) is 0 Å². The van der Waals surface area contributed by atoms with Gasteiger partial charge in [0.1, 0.15) is 6.29 Å². The number of hydrogen-bond donors (Lipinski definition) is 0. The van der Waals surface area contributed by atoms with Crippen LogP contribution in [-0.2, 0) is 4.79 Å². The summed E-state index contributed by atoms with van der Waals surface area (Å²) in [7, 11) is 0. The fourth-order valence-electron chi connectivity index (χ4n) is 2.03. The maximum absolute atomic E-state index is 10.6. The molecular weight excluding hydrogens is 150 g/mol. The standard InChI is InChI=1S/C10H17NO/c12-8-10-2-1-5-11(7-10)6-9-3-4-9/h8-10H,1-7H2. The van der Waals surface area contributed by atoms with E-state index in [-0.39, 0.29) is 0 Å². The SMILES string of the molecule is O=CC1CCCN(CC2CC2)C1. The Balaban J connectivity index is 1.76. The van der Waals surface area contributed by atoms with Gasteiger partial charge in [-0.1, -0.05) is 0 Å². The predicted molar refractivity (Wildman–Crippen MR) is 48.0 cm³/mol. The lowest BCUT2D eigenvalue weighted by Crippen LogP contribution is -2.37. The second-order valence-corrected chi connectivity index (χ2v) is 4.24. The number of piperidine rings is 1. The second kappa shape index (κ2) is 3.56. The van der Waals surface area contributed by atoms with Crippen molar-refractivity contribution in [2.45, 2.75) is 25.7 Å². The van der Waals surface area contributed by atoms with E-state index < -0.39 is 0 Å². The van der Waals surface area contributed by atoms with Crippen molar-refractivity contribution in [2.24, 2.45) is 11.8 Å². The average molecular weight is 167 g/mol. The van der Waals surface area contributed by atoms with E-state index in [2.05, 4.69) is 4.90 Å². The normalized spacial score (nSPS) is 31.8. The lowest BCUT2D eigenvalue weighted by atomic mass is 9.99. The Labute approximate surface area is 73.9 Å². The third-order valence-corrected chi connectivity index (χ3v) is 2.95. The van der Waals surface area contributed by atoms with Gasteiger partial charge in [-0.25, -0.2) is 0 Å². The fraction of sp³-hybridized carbons (Fsp3) is 0.900. The van der Waals surface area contributed by atoms with Crippen LogP contribution < -0.4 is 0 Å².